The summed E-state index contributed by atoms with van der Waals surface area (Å²) in [5.74, 6) is 1.03. The Labute approximate surface area is 146 Å². The minimum Gasteiger partial charge on any atom is -0.461 e. The van der Waals surface area contributed by atoms with E-state index in [-0.39, 0.29) is 17.9 Å². The van der Waals surface area contributed by atoms with Crippen LogP contribution >= 0.6 is 11.3 Å². The number of aromatic nitrogens is 1. The highest BCUT2D eigenvalue weighted by Gasteiger charge is 2.51. The second-order valence-electron chi connectivity index (χ2n) is 6.78. The van der Waals surface area contributed by atoms with E-state index in [4.69, 9.17) is 4.74 Å². The van der Waals surface area contributed by atoms with Gasteiger partial charge in [0, 0.05) is 24.2 Å². The normalized spacial score (nSPS) is 28.2. The Bertz CT molecular complexity index is 674. The lowest BCUT2D eigenvalue weighted by atomic mass is 9.84. The summed E-state index contributed by atoms with van der Waals surface area (Å²) >= 11 is 1.65. The maximum Gasteiger partial charge on any atom is 0.311 e. The highest BCUT2D eigenvalue weighted by molar-refractivity contribution is 7.09. The molecule has 4 atom stereocenters. The molecule has 1 aromatic carbocycles. The van der Waals surface area contributed by atoms with Gasteiger partial charge in [-0.2, -0.15) is 0 Å². The van der Waals surface area contributed by atoms with Crippen LogP contribution in [0.2, 0.25) is 0 Å². The fourth-order valence-corrected chi connectivity index (χ4v) is 4.86. The summed E-state index contributed by atoms with van der Waals surface area (Å²) in [6.45, 7) is 1.11. The molecule has 2 aromatic rings. The van der Waals surface area contributed by atoms with Gasteiger partial charge in [0.15, 0.2) is 0 Å². The molecule has 0 aliphatic heterocycles. The Balaban J connectivity index is 1.38. The molecule has 1 N–H and O–H groups in total. The van der Waals surface area contributed by atoms with E-state index < -0.39 is 0 Å². The quantitative estimate of drug-likeness (QED) is 0.818. The number of benzene rings is 1. The third-order valence-corrected chi connectivity index (χ3v) is 6.16. The van der Waals surface area contributed by atoms with Crippen molar-refractivity contribution < 1.29 is 9.53 Å². The SMILES string of the molecule is O=C(OCc1ccccc1)[C@@H]1[C@H]2CC[C@@H](C2)[C@H]1NCc1nccs1. The Morgan fingerprint density at radius 2 is 2.08 bits per heavy atom. The van der Waals surface area contributed by atoms with Crippen LogP contribution in [0.25, 0.3) is 0 Å². The van der Waals surface area contributed by atoms with Crippen molar-refractivity contribution in [2.24, 2.45) is 17.8 Å². The number of nitrogens with one attached hydrogen (secondary N) is 1. The fourth-order valence-electron chi connectivity index (χ4n) is 4.29. The van der Waals surface area contributed by atoms with E-state index >= 15 is 0 Å². The lowest BCUT2D eigenvalue weighted by molar-refractivity contribution is -0.152. The van der Waals surface area contributed by atoms with Crippen molar-refractivity contribution >= 4 is 17.3 Å². The van der Waals surface area contributed by atoms with Crippen molar-refractivity contribution in [1.29, 1.82) is 0 Å². The molecule has 2 saturated carbocycles. The van der Waals surface area contributed by atoms with E-state index in [1.54, 1.807) is 11.3 Å². The number of carbonyl (C=O) groups is 1. The molecule has 1 aromatic heterocycles. The third-order valence-electron chi connectivity index (χ3n) is 5.38. The first-order valence-electron chi connectivity index (χ1n) is 8.63. The number of ether oxygens (including phenoxy) is 1. The molecule has 0 unspecified atom stereocenters. The Morgan fingerprint density at radius 1 is 1.25 bits per heavy atom. The molecule has 126 valence electrons. The predicted octanol–water partition coefficient (Wildman–Crippen LogP) is 3.39. The van der Waals surface area contributed by atoms with Crippen LogP contribution < -0.4 is 5.32 Å². The van der Waals surface area contributed by atoms with E-state index in [2.05, 4.69) is 10.3 Å². The van der Waals surface area contributed by atoms with E-state index in [1.165, 1.54) is 6.42 Å². The largest absolute Gasteiger partial charge is 0.461 e. The maximum absolute atomic E-state index is 12.7. The van der Waals surface area contributed by atoms with E-state index in [1.807, 2.05) is 41.9 Å². The van der Waals surface area contributed by atoms with Crippen LogP contribution in [0.5, 0.6) is 0 Å². The number of nitrogens with zero attached hydrogens (tertiary/aromatic N) is 1. The highest BCUT2D eigenvalue weighted by Crippen LogP contribution is 2.49. The zero-order valence-electron chi connectivity index (χ0n) is 13.6. The molecule has 0 amide bonds. The molecule has 4 rings (SSSR count). The molecule has 5 heteroatoms. The van der Waals surface area contributed by atoms with Gasteiger partial charge in [-0.3, -0.25) is 4.79 Å². The number of thiazole rings is 1. The molecular formula is C19H22N2O2S. The van der Waals surface area contributed by atoms with Crippen LogP contribution in [0.15, 0.2) is 41.9 Å². The molecule has 0 spiro atoms. The molecule has 2 fully saturated rings. The van der Waals surface area contributed by atoms with E-state index in [9.17, 15) is 4.79 Å². The summed E-state index contributed by atoms with van der Waals surface area (Å²) < 4.78 is 5.64. The number of rotatable bonds is 6. The molecule has 4 nitrogen and oxygen atoms in total. The molecule has 2 bridgehead atoms. The minimum atomic E-state index is -0.0392. The number of fused-ring (bicyclic) bond motifs is 2. The first-order valence-corrected chi connectivity index (χ1v) is 9.51. The summed E-state index contributed by atoms with van der Waals surface area (Å²) in [6, 6.07) is 10.1. The average Bonchev–Trinajstić information content (AvgIpc) is 3.35. The topological polar surface area (TPSA) is 51.2 Å². The molecule has 1 heterocycles. The number of esters is 1. The molecule has 2 aliphatic rings. The van der Waals surface area contributed by atoms with Crippen molar-refractivity contribution in [2.75, 3.05) is 0 Å². The van der Waals surface area contributed by atoms with Gasteiger partial charge in [-0.25, -0.2) is 4.98 Å². The Hall–Kier alpha value is -1.72. The van der Waals surface area contributed by atoms with Gasteiger partial charge in [0.05, 0.1) is 5.92 Å². The molecule has 0 saturated heterocycles. The van der Waals surface area contributed by atoms with Crippen molar-refractivity contribution in [3.63, 3.8) is 0 Å². The second kappa shape index (κ2) is 7.03. The van der Waals surface area contributed by atoms with Crippen LogP contribution in [0, 0.1) is 17.8 Å². The maximum atomic E-state index is 12.7. The van der Waals surface area contributed by atoms with Crippen molar-refractivity contribution in [2.45, 2.75) is 38.5 Å². The third kappa shape index (κ3) is 3.23. The van der Waals surface area contributed by atoms with Crippen LogP contribution in [0.1, 0.15) is 29.8 Å². The number of carbonyl (C=O) groups excluding carboxylic acids is 1. The van der Waals surface area contributed by atoms with Gasteiger partial charge in [-0.05, 0) is 36.7 Å². The molecular weight excluding hydrogens is 320 g/mol. The molecule has 24 heavy (non-hydrogen) atoms. The number of hydrogen-bond acceptors (Lipinski definition) is 5. The van der Waals surface area contributed by atoms with Gasteiger partial charge in [-0.1, -0.05) is 30.3 Å². The van der Waals surface area contributed by atoms with Crippen molar-refractivity contribution in [3.05, 3.63) is 52.5 Å². The van der Waals surface area contributed by atoms with Crippen LogP contribution in [0.3, 0.4) is 0 Å². The monoisotopic (exact) mass is 342 g/mol. The predicted molar refractivity (Wildman–Crippen MR) is 93.3 cm³/mol. The summed E-state index contributed by atoms with van der Waals surface area (Å²) in [7, 11) is 0. The fraction of sp³-hybridized carbons (Fsp3) is 0.474. The zero-order valence-corrected chi connectivity index (χ0v) is 14.4. The van der Waals surface area contributed by atoms with Crippen LogP contribution in [0.4, 0.5) is 0 Å². The molecule has 2 aliphatic carbocycles. The van der Waals surface area contributed by atoms with Crippen molar-refractivity contribution in [1.82, 2.24) is 10.3 Å². The van der Waals surface area contributed by atoms with Gasteiger partial charge in [-0.15, -0.1) is 11.3 Å². The second-order valence-corrected chi connectivity index (χ2v) is 7.76. The van der Waals surface area contributed by atoms with E-state index in [0.29, 0.717) is 18.4 Å². The number of hydrogen-bond donors (Lipinski definition) is 1. The van der Waals surface area contributed by atoms with Gasteiger partial charge < -0.3 is 10.1 Å². The van der Waals surface area contributed by atoms with Gasteiger partial charge in [0.25, 0.3) is 0 Å². The van der Waals surface area contributed by atoms with Gasteiger partial charge >= 0.3 is 5.97 Å². The summed E-state index contributed by atoms with van der Waals surface area (Å²) in [5, 5.41) is 6.66. The Kier molecular flexibility index (Phi) is 4.63. The summed E-state index contributed by atoms with van der Waals surface area (Å²) in [6.07, 6.45) is 5.36. The lowest BCUT2D eigenvalue weighted by Crippen LogP contribution is -2.44. The summed E-state index contributed by atoms with van der Waals surface area (Å²) in [4.78, 5) is 17.0. The van der Waals surface area contributed by atoms with Crippen LogP contribution in [-0.4, -0.2) is 17.0 Å². The lowest BCUT2D eigenvalue weighted by Gasteiger charge is -2.30. The minimum absolute atomic E-state index is 0.00701. The van der Waals surface area contributed by atoms with E-state index in [0.717, 1.165) is 30.0 Å². The van der Waals surface area contributed by atoms with Crippen molar-refractivity contribution in [3.8, 4) is 0 Å². The van der Waals surface area contributed by atoms with Gasteiger partial charge in [0.1, 0.15) is 11.6 Å². The summed E-state index contributed by atoms with van der Waals surface area (Å²) in [5.41, 5.74) is 1.04. The first-order chi connectivity index (χ1) is 11.8. The molecule has 0 radical (unpaired) electrons. The smallest absolute Gasteiger partial charge is 0.311 e. The first kappa shape index (κ1) is 15.8. The standard InChI is InChI=1S/C19H22N2O2S/c22-19(23-12-13-4-2-1-3-5-13)17-14-6-7-15(10-14)18(17)21-11-16-20-8-9-24-16/h1-5,8-9,14-15,17-18,21H,6-7,10-12H2/t14-,15-,17+,18+/m0/s1. The Morgan fingerprint density at radius 3 is 2.88 bits per heavy atom. The van der Waals surface area contributed by atoms with Gasteiger partial charge in [0.2, 0.25) is 0 Å². The highest BCUT2D eigenvalue weighted by atomic mass is 32.1. The average molecular weight is 342 g/mol. The zero-order chi connectivity index (χ0) is 16.4. The van der Waals surface area contributed by atoms with Crippen LogP contribution in [-0.2, 0) is 22.7 Å².